The number of fused-ring (bicyclic) bond motifs is 1. The molecule has 1 atom stereocenters. The topological polar surface area (TPSA) is 126 Å². The number of ether oxygens (including phenoxy) is 4. The molecule has 0 aliphatic carbocycles. The normalized spacial score (nSPS) is 14.2. The minimum atomic E-state index is -0.980. The molecule has 0 spiro atoms. The minimum Gasteiger partial charge on any atom is -0.490 e. The number of aromatic nitrogens is 1. The number of benzene rings is 3. The van der Waals surface area contributed by atoms with Gasteiger partial charge in [0.25, 0.3) is 5.56 Å². The zero-order valence-corrected chi connectivity index (χ0v) is 25.1. The summed E-state index contributed by atoms with van der Waals surface area (Å²) < 4.78 is 24.3. The van der Waals surface area contributed by atoms with E-state index in [1.165, 1.54) is 41.3 Å². The van der Waals surface area contributed by atoms with Crippen molar-refractivity contribution in [1.29, 1.82) is 0 Å². The molecule has 10 nitrogen and oxygen atoms in total. The van der Waals surface area contributed by atoms with Gasteiger partial charge < -0.3 is 24.1 Å². The Hall–Kier alpha value is -5.16. The van der Waals surface area contributed by atoms with E-state index in [1.54, 1.807) is 48.5 Å². The predicted octanol–water partition coefficient (Wildman–Crippen LogP) is 4.09. The summed E-state index contributed by atoms with van der Waals surface area (Å²) in [6.07, 6.45) is 3.21. The lowest BCUT2D eigenvalue weighted by molar-refractivity contribution is -0.136. The Morgan fingerprint density at radius 1 is 0.955 bits per heavy atom. The highest BCUT2D eigenvalue weighted by Crippen LogP contribution is 2.35. The molecule has 4 aromatic rings. The maximum Gasteiger partial charge on any atom is 0.337 e. The van der Waals surface area contributed by atoms with Crippen LogP contribution < -0.4 is 29.1 Å². The molecular weight excluding hydrogens is 584 g/mol. The van der Waals surface area contributed by atoms with Crippen LogP contribution in [0.15, 0.2) is 88.3 Å². The van der Waals surface area contributed by atoms with Gasteiger partial charge in [0.15, 0.2) is 16.3 Å². The van der Waals surface area contributed by atoms with Crippen LogP contribution >= 0.6 is 11.3 Å². The maximum absolute atomic E-state index is 13.8. The Morgan fingerprint density at radius 2 is 1.66 bits per heavy atom. The molecule has 1 aliphatic heterocycles. The number of carbonyl (C=O) groups is 2. The summed E-state index contributed by atoms with van der Waals surface area (Å²) in [5, 5.41) is 9.05. The lowest BCUT2D eigenvalue weighted by Crippen LogP contribution is -2.39. The van der Waals surface area contributed by atoms with E-state index in [9.17, 15) is 14.4 Å². The smallest absolute Gasteiger partial charge is 0.337 e. The van der Waals surface area contributed by atoms with Gasteiger partial charge in [-0.3, -0.25) is 9.36 Å². The molecule has 5 rings (SSSR count). The number of carboxylic acids is 1. The molecule has 226 valence electrons. The number of hydrogen-bond donors (Lipinski definition) is 1. The fourth-order valence-corrected chi connectivity index (χ4v) is 5.68. The molecule has 0 bridgehead atoms. The number of thiazole rings is 1. The number of carbonyl (C=O) groups excluding carboxylic acids is 1. The van der Waals surface area contributed by atoms with Gasteiger partial charge in [0.05, 0.1) is 42.0 Å². The Labute approximate surface area is 256 Å². The summed E-state index contributed by atoms with van der Waals surface area (Å²) in [5.74, 6) is 0.127. The summed E-state index contributed by atoms with van der Waals surface area (Å²) in [4.78, 5) is 42.5. The summed E-state index contributed by atoms with van der Waals surface area (Å²) in [5.41, 5.74) is 2.39. The first-order valence-corrected chi connectivity index (χ1v) is 14.7. The summed E-state index contributed by atoms with van der Waals surface area (Å²) in [6.45, 7) is 4.89. The van der Waals surface area contributed by atoms with Gasteiger partial charge in [-0.2, -0.15) is 0 Å². The van der Waals surface area contributed by atoms with Gasteiger partial charge in [0, 0.05) is 6.20 Å². The highest BCUT2D eigenvalue weighted by molar-refractivity contribution is 7.07. The minimum absolute atomic E-state index is 0.214. The molecule has 11 heteroatoms. The number of carboxylic acid groups (broad SMARTS) is 1. The van der Waals surface area contributed by atoms with Gasteiger partial charge in [-0.05, 0) is 73.0 Å². The van der Waals surface area contributed by atoms with Crippen molar-refractivity contribution in [2.75, 3.05) is 20.3 Å². The molecule has 0 amide bonds. The van der Waals surface area contributed by atoms with E-state index >= 15 is 0 Å². The number of esters is 1. The third-order valence-electron chi connectivity index (χ3n) is 6.79. The first-order chi connectivity index (χ1) is 21.3. The second kappa shape index (κ2) is 13.4. The van der Waals surface area contributed by atoms with Crippen molar-refractivity contribution in [1.82, 2.24) is 4.57 Å². The van der Waals surface area contributed by atoms with E-state index in [0.29, 0.717) is 45.4 Å². The molecule has 0 saturated heterocycles. The average molecular weight is 615 g/mol. The monoisotopic (exact) mass is 614 g/mol. The molecule has 2 heterocycles. The standard InChI is InChI=1S/C33H30N2O8S/c1-4-41-26-15-12-23(17-27(26)42-5-2)29-25(32(39)40-3)18-34-33-35(29)30(36)28(44-33)16-20-8-13-24(14-9-20)43-19-21-6-10-22(11-7-21)31(37)38/h6-18,29H,4-5,19H2,1-3H3,(H,37,38)/b28-16-/t29-/m1/s1. The molecular formula is C33H30N2O8S. The zero-order chi connectivity index (χ0) is 31.2. The summed E-state index contributed by atoms with van der Waals surface area (Å²) in [7, 11) is 1.29. The van der Waals surface area contributed by atoms with E-state index in [-0.39, 0.29) is 23.3 Å². The number of rotatable bonds is 11. The Kier molecular flexibility index (Phi) is 9.25. The second-order valence-corrected chi connectivity index (χ2v) is 10.6. The van der Waals surface area contributed by atoms with Crippen molar-refractivity contribution in [3.8, 4) is 17.2 Å². The van der Waals surface area contributed by atoms with Gasteiger partial charge >= 0.3 is 11.9 Å². The molecule has 0 unspecified atom stereocenters. The van der Waals surface area contributed by atoms with Crippen molar-refractivity contribution in [3.63, 3.8) is 0 Å². The van der Waals surface area contributed by atoms with Gasteiger partial charge in [-0.25, -0.2) is 14.6 Å². The van der Waals surface area contributed by atoms with Crippen LogP contribution in [0, 0.1) is 0 Å². The van der Waals surface area contributed by atoms with Crippen molar-refractivity contribution in [3.05, 3.63) is 120 Å². The van der Waals surface area contributed by atoms with E-state index in [4.69, 9.17) is 24.1 Å². The highest BCUT2D eigenvalue weighted by atomic mass is 32.1. The van der Waals surface area contributed by atoms with Gasteiger partial charge in [0.1, 0.15) is 12.4 Å². The Bertz CT molecular complexity index is 1890. The van der Waals surface area contributed by atoms with Crippen molar-refractivity contribution < 1.29 is 33.6 Å². The third-order valence-corrected chi connectivity index (χ3v) is 7.79. The molecule has 0 radical (unpaired) electrons. The quantitative estimate of drug-likeness (QED) is 0.251. The molecule has 44 heavy (non-hydrogen) atoms. The summed E-state index contributed by atoms with van der Waals surface area (Å²) >= 11 is 1.22. The van der Waals surface area contributed by atoms with Crippen LogP contribution in [0.1, 0.15) is 46.9 Å². The molecule has 0 saturated carbocycles. The lowest BCUT2D eigenvalue weighted by atomic mass is 9.97. The Balaban J connectivity index is 1.45. The van der Waals surface area contributed by atoms with Gasteiger partial charge in [-0.15, -0.1) is 0 Å². The van der Waals surface area contributed by atoms with Crippen molar-refractivity contribution in [2.45, 2.75) is 26.5 Å². The van der Waals surface area contributed by atoms with Crippen LogP contribution in [0.5, 0.6) is 17.2 Å². The average Bonchev–Trinajstić information content (AvgIpc) is 3.35. The predicted molar refractivity (Wildman–Crippen MR) is 164 cm³/mol. The van der Waals surface area contributed by atoms with Crippen molar-refractivity contribution in [2.24, 2.45) is 4.99 Å². The zero-order valence-electron chi connectivity index (χ0n) is 24.3. The fourth-order valence-electron chi connectivity index (χ4n) is 4.71. The highest BCUT2D eigenvalue weighted by Gasteiger charge is 2.31. The van der Waals surface area contributed by atoms with E-state index < -0.39 is 18.0 Å². The van der Waals surface area contributed by atoms with E-state index in [1.807, 2.05) is 26.0 Å². The van der Waals surface area contributed by atoms with Gasteiger partial charge in [0.2, 0.25) is 0 Å². The molecule has 1 aromatic heterocycles. The number of hydrogen-bond acceptors (Lipinski definition) is 9. The fraction of sp³-hybridized carbons (Fsp3) is 0.212. The Morgan fingerprint density at radius 3 is 2.32 bits per heavy atom. The number of nitrogens with zero attached hydrogens (tertiary/aromatic N) is 2. The lowest BCUT2D eigenvalue weighted by Gasteiger charge is -2.23. The van der Waals surface area contributed by atoms with Gasteiger partial charge in [-0.1, -0.05) is 41.7 Å². The van der Waals surface area contributed by atoms with Crippen LogP contribution in [0.25, 0.3) is 6.08 Å². The first kappa shape index (κ1) is 30.3. The maximum atomic E-state index is 13.8. The third kappa shape index (κ3) is 6.42. The summed E-state index contributed by atoms with van der Waals surface area (Å²) in [6, 6.07) is 18.3. The molecule has 0 fully saturated rings. The van der Waals surface area contributed by atoms with E-state index in [0.717, 1.165) is 11.1 Å². The molecule has 1 aliphatic rings. The van der Waals surface area contributed by atoms with Crippen LogP contribution in [0.4, 0.5) is 0 Å². The molecule has 3 aromatic carbocycles. The van der Waals surface area contributed by atoms with Crippen molar-refractivity contribution >= 4 is 29.4 Å². The SMILES string of the molecule is CCOc1ccc([C@@H]2C(C(=O)OC)=CN=c3s/c(=C\c4ccc(OCc5ccc(C(=O)O)cc5)cc4)c(=O)n32)cc1OCC. The van der Waals surface area contributed by atoms with Crippen LogP contribution in [-0.4, -0.2) is 41.9 Å². The number of aromatic carboxylic acids is 1. The van der Waals surface area contributed by atoms with Crippen LogP contribution in [0.2, 0.25) is 0 Å². The molecule has 1 N–H and O–H groups in total. The second-order valence-electron chi connectivity index (χ2n) is 9.61. The number of methoxy groups -OCH3 is 1. The van der Waals surface area contributed by atoms with E-state index in [2.05, 4.69) is 4.99 Å². The first-order valence-electron chi connectivity index (χ1n) is 13.9. The largest absolute Gasteiger partial charge is 0.490 e. The van der Waals surface area contributed by atoms with Crippen LogP contribution in [0.3, 0.4) is 0 Å². The van der Waals surface area contributed by atoms with Crippen LogP contribution in [-0.2, 0) is 16.1 Å².